The minimum absolute atomic E-state index is 0.435. The normalized spacial score (nSPS) is 26.5. The lowest BCUT2D eigenvalue weighted by molar-refractivity contribution is -0.149. The van der Waals surface area contributed by atoms with Crippen molar-refractivity contribution in [3.8, 4) is 0 Å². The van der Waals surface area contributed by atoms with Crippen molar-refractivity contribution in [2.75, 3.05) is 0 Å². The highest BCUT2D eigenvalue weighted by molar-refractivity contribution is 5.75. The number of aliphatic carboxylic acids is 1. The van der Waals surface area contributed by atoms with E-state index in [0.29, 0.717) is 5.92 Å². The van der Waals surface area contributed by atoms with Gasteiger partial charge in [0.2, 0.25) is 0 Å². The average molecular weight is 260 g/mol. The molecule has 0 aromatic heterocycles. The van der Waals surface area contributed by atoms with E-state index in [0.717, 1.165) is 44.9 Å². The predicted molar refractivity (Wildman–Crippen MR) is 77.1 cm³/mol. The van der Waals surface area contributed by atoms with Crippen LogP contribution in [-0.2, 0) is 11.2 Å². The van der Waals surface area contributed by atoms with Gasteiger partial charge in [-0.1, -0.05) is 43.7 Å². The van der Waals surface area contributed by atoms with E-state index in [1.54, 1.807) is 0 Å². The monoisotopic (exact) mass is 260 g/mol. The van der Waals surface area contributed by atoms with Crippen LogP contribution >= 0.6 is 0 Å². The van der Waals surface area contributed by atoms with Gasteiger partial charge in [0.1, 0.15) is 0 Å². The Balaban J connectivity index is 1.90. The molecular weight excluding hydrogens is 236 g/mol. The summed E-state index contributed by atoms with van der Waals surface area (Å²) in [7, 11) is 0. The highest BCUT2D eigenvalue weighted by atomic mass is 16.4. The number of benzene rings is 1. The Morgan fingerprint density at radius 3 is 2.68 bits per heavy atom. The third-order valence-electron chi connectivity index (χ3n) is 4.71. The maximum Gasteiger partial charge on any atom is 0.309 e. The van der Waals surface area contributed by atoms with Gasteiger partial charge in [0.05, 0.1) is 5.41 Å². The summed E-state index contributed by atoms with van der Waals surface area (Å²) in [6.45, 7) is 2.17. The van der Waals surface area contributed by atoms with Gasteiger partial charge in [-0.2, -0.15) is 0 Å². The molecule has 1 aromatic carbocycles. The first-order chi connectivity index (χ1) is 9.16. The lowest BCUT2D eigenvalue weighted by Gasteiger charge is -2.24. The van der Waals surface area contributed by atoms with E-state index in [-0.39, 0.29) is 0 Å². The van der Waals surface area contributed by atoms with E-state index in [1.807, 2.05) is 18.2 Å². The molecule has 1 fully saturated rings. The van der Waals surface area contributed by atoms with E-state index in [9.17, 15) is 9.90 Å². The van der Waals surface area contributed by atoms with Crippen LogP contribution in [-0.4, -0.2) is 11.1 Å². The summed E-state index contributed by atoms with van der Waals surface area (Å²) < 4.78 is 0. The van der Waals surface area contributed by atoms with Crippen LogP contribution in [0.4, 0.5) is 0 Å². The van der Waals surface area contributed by atoms with Crippen LogP contribution < -0.4 is 0 Å². The average Bonchev–Trinajstić information content (AvgIpc) is 2.85. The zero-order chi connectivity index (χ0) is 13.7. The fourth-order valence-corrected chi connectivity index (χ4v) is 3.39. The van der Waals surface area contributed by atoms with Gasteiger partial charge >= 0.3 is 5.97 Å². The van der Waals surface area contributed by atoms with Crippen molar-refractivity contribution in [1.82, 2.24) is 0 Å². The molecule has 2 unspecified atom stereocenters. The largest absolute Gasteiger partial charge is 0.481 e. The molecule has 0 spiro atoms. The van der Waals surface area contributed by atoms with Crippen molar-refractivity contribution in [3.63, 3.8) is 0 Å². The standard InChI is InChI=1S/C17H24O2/c1-2-14-10-12-17(13-14,16(18)19)11-6-9-15-7-4-3-5-8-15/h3-5,7-8,14H,2,6,9-13H2,1H3,(H,18,19). The summed E-state index contributed by atoms with van der Waals surface area (Å²) in [5.74, 6) is 0.0457. The molecule has 0 saturated heterocycles. The highest BCUT2D eigenvalue weighted by Gasteiger charge is 2.44. The van der Waals surface area contributed by atoms with Crippen molar-refractivity contribution in [1.29, 1.82) is 0 Å². The van der Waals surface area contributed by atoms with Gasteiger partial charge in [0.25, 0.3) is 0 Å². The molecule has 1 saturated carbocycles. The topological polar surface area (TPSA) is 37.3 Å². The van der Waals surface area contributed by atoms with Crippen molar-refractivity contribution in [2.24, 2.45) is 11.3 Å². The lowest BCUT2D eigenvalue weighted by atomic mass is 9.80. The van der Waals surface area contributed by atoms with Crippen LogP contribution in [0, 0.1) is 11.3 Å². The summed E-state index contributed by atoms with van der Waals surface area (Å²) in [5.41, 5.74) is 0.878. The van der Waals surface area contributed by atoms with Gasteiger partial charge in [0, 0.05) is 0 Å². The summed E-state index contributed by atoms with van der Waals surface area (Å²) in [6, 6.07) is 10.4. The van der Waals surface area contributed by atoms with Crippen LogP contribution in [0.5, 0.6) is 0 Å². The third kappa shape index (κ3) is 3.37. The van der Waals surface area contributed by atoms with Crippen LogP contribution in [0.2, 0.25) is 0 Å². The molecule has 2 rings (SSSR count). The lowest BCUT2D eigenvalue weighted by Crippen LogP contribution is -2.28. The summed E-state index contributed by atoms with van der Waals surface area (Å²) in [5, 5.41) is 9.57. The number of rotatable bonds is 6. The zero-order valence-electron chi connectivity index (χ0n) is 11.8. The Bertz CT molecular complexity index is 413. The molecule has 2 heteroatoms. The molecule has 1 N–H and O–H groups in total. The van der Waals surface area contributed by atoms with E-state index < -0.39 is 11.4 Å². The minimum Gasteiger partial charge on any atom is -0.481 e. The number of carbonyl (C=O) groups is 1. The summed E-state index contributed by atoms with van der Waals surface area (Å²) in [6.07, 6.45) is 6.76. The van der Waals surface area contributed by atoms with E-state index in [1.165, 1.54) is 5.56 Å². The van der Waals surface area contributed by atoms with Gasteiger partial charge in [-0.15, -0.1) is 0 Å². The number of carboxylic acid groups (broad SMARTS) is 1. The fourth-order valence-electron chi connectivity index (χ4n) is 3.39. The molecule has 0 aliphatic heterocycles. The molecule has 19 heavy (non-hydrogen) atoms. The first kappa shape index (κ1) is 14.1. The Morgan fingerprint density at radius 1 is 1.37 bits per heavy atom. The Labute approximate surface area is 115 Å². The van der Waals surface area contributed by atoms with Gasteiger partial charge in [-0.25, -0.2) is 0 Å². The number of hydrogen-bond acceptors (Lipinski definition) is 1. The number of hydrogen-bond donors (Lipinski definition) is 1. The third-order valence-corrected chi connectivity index (χ3v) is 4.71. The van der Waals surface area contributed by atoms with Gasteiger partial charge < -0.3 is 5.11 Å². The van der Waals surface area contributed by atoms with Crippen LogP contribution in [0.1, 0.15) is 51.0 Å². The van der Waals surface area contributed by atoms with Gasteiger partial charge in [0.15, 0.2) is 0 Å². The number of carboxylic acids is 1. The molecule has 2 atom stereocenters. The highest BCUT2D eigenvalue weighted by Crippen LogP contribution is 2.46. The van der Waals surface area contributed by atoms with Crippen LogP contribution in [0.15, 0.2) is 30.3 Å². The van der Waals surface area contributed by atoms with Crippen LogP contribution in [0.3, 0.4) is 0 Å². The molecule has 1 aliphatic rings. The first-order valence-corrected chi connectivity index (χ1v) is 7.43. The van der Waals surface area contributed by atoms with Gasteiger partial charge in [-0.05, 0) is 50.0 Å². The van der Waals surface area contributed by atoms with Crippen LogP contribution in [0.25, 0.3) is 0 Å². The molecule has 0 radical (unpaired) electrons. The van der Waals surface area contributed by atoms with E-state index in [2.05, 4.69) is 19.1 Å². The molecule has 104 valence electrons. The Kier molecular flexibility index (Phi) is 4.62. The fraction of sp³-hybridized carbons (Fsp3) is 0.588. The molecule has 1 aliphatic carbocycles. The second-order valence-electron chi connectivity index (χ2n) is 5.94. The molecule has 1 aromatic rings. The smallest absolute Gasteiger partial charge is 0.309 e. The predicted octanol–water partition coefficient (Wildman–Crippen LogP) is 4.29. The van der Waals surface area contributed by atoms with E-state index >= 15 is 0 Å². The van der Waals surface area contributed by atoms with Gasteiger partial charge in [-0.3, -0.25) is 4.79 Å². The second kappa shape index (κ2) is 6.23. The van der Waals surface area contributed by atoms with Crippen molar-refractivity contribution in [3.05, 3.63) is 35.9 Å². The van der Waals surface area contributed by atoms with E-state index in [4.69, 9.17) is 0 Å². The maximum atomic E-state index is 11.6. The van der Waals surface area contributed by atoms with Crippen molar-refractivity contribution < 1.29 is 9.90 Å². The first-order valence-electron chi connectivity index (χ1n) is 7.43. The molecular formula is C17H24O2. The molecule has 0 bridgehead atoms. The number of aryl methyl sites for hydroxylation is 1. The Hall–Kier alpha value is -1.31. The van der Waals surface area contributed by atoms with Crippen molar-refractivity contribution in [2.45, 2.75) is 51.9 Å². The Morgan fingerprint density at radius 2 is 2.11 bits per heavy atom. The molecule has 0 heterocycles. The minimum atomic E-state index is -0.573. The summed E-state index contributed by atoms with van der Waals surface area (Å²) in [4.78, 5) is 11.6. The quantitative estimate of drug-likeness (QED) is 0.828. The zero-order valence-corrected chi connectivity index (χ0v) is 11.8. The maximum absolute atomic E-state index is 11.6. The molecule has 2 nitrogen and oxygen atoms in total. The SMILES string of the molecule is CCC1CCC(CCCc2ccccc2)(C(=O)O)C1. The van der Waals surface area contributed by atoms with Crippen molar-refractivity contribution >= 4 is 5.97 Å². The summed E-state index contributed by atoms with van der Waals surface area (Å²) >= 11 is 0. The second-order valence-corrected chi connectivity index (χ2v) is 5.94. The molecule has 0 amide bonds.